The molecule has 2 N–H and O–H groups in total. The van der Waals surface area contributed by atoms with E-state index in [1.54, 1.807) is 16.8 Å². The molecule has 1 heterocycles. The number of amides is 1. The molecule has 92 valence electrons. The van der Waals surface area contributed by atoms with Gasteiger partial charge in [-0.25, -0.2) is 4.79 Å². The predicted octanol–water partition coefficient (Wildman–Crippen LogP) is 3.35. The first kappa shape index (κ1) is 12.6. The molecule has 0 spiro atoms. The molecular formula is C12H8ClNO3S. The van der Waals surface area contributed by atoms with Crippen LogP contribution in [0.4, 0.5) is 5.69 Å². The van der Waals surface area contributed by atoms with Gasteiger partial charge >= 0.3 is 5.97 Å². The Morgan fingerprint density at radius 3 is 2.67 bits per heavy atom. The Morgan fingerprint density at radius 2 is 2.06 bits per heavy atom. The first-order chi connectivity index (χ1) is 8.58. The van der Waals surface area contributed by atoms with Crippen molar-refractivity contribution >= 4 is 40.5 Å². The number of carbonyl (C=O) groups excluding carboxylic acids is 1. The van der Waals surface area contributed by atoms with E-state index < -0.39 is 5.97 Å². The Morgan fingerprint density at radius 1 is 1.28 bits per heavy atom. The summed E-state index contributed by atoms with van der Waals surface area (Å²) in [7, 11) is 0. The predicted molar refractivity (Wildman–Crippen MR) is 70.7 cm³/mol. The molecule has 0 fully saturated rings. The van der Waals surface area contributed by atoms with E-state index in [2.05, 4.69) is 5.32 Å². The number of carboxylic acid groups (broad SMARTS) is 1. The Bertz CT molecular complexity index is 595. The summed E-state index contributed by atoms with van der Waals surface area (Å²) in [5.74, 6) is -1.49. The highest BCUT2D eigenvalue weighted by Gasteiger charge is 2.14. The van der Waals surface area contributed by atoms with Crippen LogP contribution in [0, 0.1) is 0 Å². The van der Waals surface area contributed by atoms with E-state index in [1.165, 1.54) is 29.5 Å². The van der Waals surface area contributed by atoms with Gasteiger partial charge in [0.25, 0.3) is 5.91 Å². The number of carbonyl (C=O) groups is 2. The van der Waals surface area contributed by atoms with E-state index >= 15 is 0 Å². The van der Waals surface area contributed by atoms with E-state index in [0.717, 1.165) is 0 Å². The van der Waals surface area contributed by atoms with Gasteiger partial charge in [0.15, 0.2) is 0 Å². The Hall–Kier alpha value is -1.85. The monoisotopic (exact) mass is 281 g/mol. The second-order valence-electron chi connectivity index (χ2n) is 3.46. The molecule has 0 bridgehead atoms. The smallest absolute Gasteiger partial charge is 0.337 e. The third kappa shape index (κ3) is 2.69. The average molecular weight is 282 g/mol. The fraction of sp³-hybridized carbons (Fsp3) is 0. The van der Waals surface area contributed by atoms with Crippen molar-refractivity contribution in [1.82, 2.24) is 0 Å². The van der Waals surface area contributed by atoms with Gasteiger partial charge in [-0.1, -0.05) is 11.6 Å². The van der Waals surface area contributed by atoms with Gasteiger partial charge in [-0.3, -0.25) is 4.79 Å². The summed E-state index contributed by atoms with van der Waals surface area (Å²) < 4.78 is 0. The van der Waals surface area contributed by atoms with Crippen molar-refractivity contribution in [2.75, 3.05) is 5.32 Å². The summed E-state index contributed by atoms with van der Waals surface area (Å²) in [6, 6.07) is 5.96. The number of hydrogen-bond acceptors (Lipinski definition) is 3. The zero-order valence-electron chi connectivity index (χ0n) is 9.01. The minimum atomic E-state index is -1.14. The third-order valence-electron chi connectivity index (χ3n) is 2.24. The molecular weight excluding hydrogens is 274 g/mol. The van der Waals surface area contributed by atoms with Crippen molar-refractivity contribution in [3.05, 3.63) is 51.2 Å². The lowest BCUT2D eigenvalue weighted by molar-refractivity contribution is 0.0698. The number of rotatable bonds is 3. The Balaban J connectivity index is 2.29. The van der Waals surface area contributed by atoms with E-state index in [-0.39, 0.29) is 17.2 Å². The minimum Gasteiger partial charge on any atom is -0.478 e. The lowest BCUT2D eigenvalue weighted by Crippen LogP contribution is -2.14. The molecule has 4 nitrogen and oxygen atoms in total. The van der Waals surface area contributed by atoms with Crippen LogP contribution in [0.2, 0.25) is 5.02 Å². The second kappa shape index (κ2) is 5.20. The van der Waals surface area contributed by atoms with Gasteiger partial charge < -0.3 is 10.4 Å². The van der Waals surface area contributed by atoms with E-state index in [9.17, 15) is 9.59 Å². The number of benzene rings is 1. The van der Waals surface area contributed by atoms with Gasteiger partial charge in [0.05, 0.1) is 16.8 Å². The largest absolute Gasteiger partial charge is 0.478 e. The highest BCUT2D eigenvalue weighted by molar-refractivity contribution is 7.08. The van der Waals surface area contributed by atoms with Gasteiger partial charge in [-0.2, -0.15) is 11.3 Å². The zero-order chi connectivity index (χ0) is 13.1. The second-order valence-corrected chi connectivity index (χ2v) is 4.68. The molecule has 2 rings (SSSR count). The summed E-state index contributed by atoms with van der Waals surface area (Å²) in [6.45, 7) is 0. The molecule has 1 amide bonds. The maximum absolute atomic E-state index is 11.8. The van der Waals surface area contributed by atoms with Crippen molar-refractivity contribution in [2.45, 2.75) is 0 Å². The van der Waals surface area contributed by atoms with Gasteiger partial charge in [0.2, 0.25) is 0 Å². The quantitative estimate of drug-likeness (QED) is 0.906. The Kier molecular flexibility index (Phi) is 3.64. The number of carboxylic acids is 1. The van der Waals surface area contributed by atoms with Crippen LogP contribution in [0.1, 0.15) is 20.7 Å². The lowest BCUT2D eigenvalue weighted by atomic mass is 10.1. The molecule has 0 saturated heterocycles. The van der Waals surface area contributed by atoms with E-state index in [1.807, 2.05) is 0 Å². The van der Waals surface area contributed by atoms with Gasteiger partial charge in [-0.15, -0.1) is 0 Å². The molecule has 6 heteroatoms. The highest BCUT2D eigenvalue weighted by Crippen LogP contribution is 2.21. The van der Waals surface area contributed by atoms with Crippen molar-refractivity contribution < 1.29 is 14.7 Å². The van der Waals surface area contributed by atoms with E-state index in [4.69, 9.17) is 16.7 Å². The molecule has 1 aromatic heterocycles. The first-order valence-corrected chi connectivity index (χ1v) is 6.26. The summed E-state index contributed by atoms with van der Waals surface area (Å²) in [5.41, 5.74) is 0.681. The summed E-state index contributed by atoms with van der Waals surface area (Å²) in [5, 5.41) is 15.3. The molecule has 0 radical (unpaired) electrons. The molecule has 2 aromatic rings. The van der Waals surface area contributed by atoms with Crippen molar-refractivity contribution in [2.24, 2.45) is 0 Å². The Labute approximate surface area is 112 Å². The van der Waals surface area contributed by atoms with Crippen LogP contribution in [0.3, 0.4) is 0 Å². The molecule has 0 aliphatic rings. The standard InChI is InChI=1S/C12H8ClNO3S/c13-8-1-2-10(9(5-8)12(16)17)14-11(15)7-3-4-18-6-7/h1-6H,(H,14,15)(H,16,17). The molecule has 0 unspecified atom stereocenters. The number of hydrogen-bond donors (Lipinski definition) is 2. The summed E-state index contributed by atoms with van der Waals surface area (Å²) >= 11 is 7.12. The van der Waals surface area contributed by atoms with Crippen LogP contribution in [-0.4, -0.2) is 17.0 Å². The van der Waals surface area contributed by atoms with Gasteiger partial charge in [-0.05, 0) is 29.6 Å². The van der Waals surface area contributed by atoms with Crippen LogP contribution in [0.15, 0.2) is 35.0 Å². The van der Waals surface area contributed by atoms with Crippen LogP contribution in [-0.2, 0) is 0 Å². The van der Waals surface area contributed by atoms with Gasteiger partial charge in [0.1, 0.15) is 0 Å². The fourth-order valence-electron chi connectivity index (χ4n) is 1.39. The molecule has 1 aromatic carbocycles. The van der Waals surface area contributed by atoms with E-state index in [0.29, 0.717) is 10.6 Å². The SMILES string of the molecule is O=C(Nc1ccc(Cl)cc1C(=O)O)c1ccsc1. The molecule has 0 aliphatic carbocycles. The van der Waals surface area contributed by atoms with Crippen molar-refractivity contribution in [3.8, 4) is 0 Å². The molecule has 18 heavy (non-hydrogen) atoms. The number of anilines is 1. The number of halogens is 1. The first-order valence-electron chi connectivity index (χ1n) is 4.94. The third-order valence-corrected chi connectivity index (χ3v) is 3.16. The summed E-state index contributed by atoms with van der Waals surface area (Å²) in [6.07, 6.45) is 0. The fourth-order valence-corrected chi connectivity index (χ4v) is 2.20. The van der Waals surface area contributed by atoms with Crippen molar-refractivity contribution in [3.63, 3.8) is 0 Å². The average Bonchev–Trinajstić information content (AvgIpc) is 2.84. The summed E-state index contributed by atoms with van der Waals surface area (Å²) in [4.78, 5) is 22.8. The van der Waals surface area contributed by atoms with Gasteiger partial charge in [0, 0.05) is 10.4 Å². The maximum Gasteiger partial charge on any atom is 0.337 e. The number of thiophene rings is 1. The highest BCUT2D eigenvalue weighted by atomic mass is 35.5. The van der Waals surface area contributed by atoms with Crippen LogP contribution in [0.5, 0.6) is 0 Å². The molecule has 0 atom stereocenters. The van der Waals surface area contributed by atoms with Crippen LogP contribution < -0.4 is 5.32 Å². The zero-order valence-corrected chi connectivity index (χ0v) is 10.6. The number of nitrogens with one attached hydrogen (secondary N) is 1. The van der Waals surface area contributed by atoms with Crippen LogP contribution in [0.25, 0.3) is 0 Å². The molecule has 0 aliphatic heterocycles. The maximum atomic E-state index is 11.8. The van der Waals surface area contributed by atoms with Crippen molar-refractivity contribution in [1.29, 1.82) is 0 Å². The number of aromatic carboxylic acids is 1. The lowest BCUT2D eigenvalue weighted by Gasteiger charge is -2.07. The normalized spacial score (nSPS) is 10.1. The topological polar surface area (TPSA) is 66.4 Å². The minimum absolute atomic E-state index is 0.0360. The molecule has 0 saturated carbocycles. The van der Waals surface area contributed by atoms with Crippen LogP contribution >= 0.6 is 22.9 Å².